The molecular formula is C22H24O9. The average molecular weight is 432 g/mol. The van der Waals surface area contributed by atoms with Crippen LogP contribution in [-0.4, -0.2) is 38.4 Å². The second-order valence-electron chi connectivity index (χ2n) is 5.75. The molecule has 0 bridgehead atoms. The van der Waals surface area contributed by atoms with Gasteiger partial charge in [0.2, 0.25) is 0 Å². The normalized spacial score (nSPS) is 10.6. The Morgan fingerprint density at radius 2 is 1.13 bits per heavy atom. The minimum atomic E-state index is -0.795. The van der Waals surface area contributed by atoms with Gasteiger partial charge in [-0.05, 0) is 69.3 Å². The van der Waals surface area contributed by atoms with E-state index in [0.29, 0.717) is 24.7 Å². The first-order chi connectivity index (χ1) is 15.1. The molecule has 9 heteroatoms. The van der Waals surface area contributed by atoms with Crippen LogP contribution in [0.4, 0.5) is 0 Å². The van der Waals surface area contributed by atoms with Gasteiger partial charge >= 0.3 is 18.2 Å². The molecule has 0 N–H and O–H groups in total. The van der Waals surface area contributed by atoms with Crippen molar-refractivity contribution in [1.29, 1.82) is 0 Å². The molecule has 2 aromatic carbocycles. The molecule has 0 spiro atoms. The predicted octanol–water partition coefficient (Wildman–Crippen LogP) is 3.70. The summed E-state index contributed by atoms with van der Waals surface area (Å²) in [5.41, 5.74) is 0.430. The zero-order valence-corrected chi connectivity index (χ0v) is 17.3. The largest absolute Gasteiger partial charge is 0.494 e. The topological polar surface area (TPSA) is 98.8 Å². The lowest BCUT2D eigenvalue weighted by molar-refractivity contribution is -0.368. The lowest BCUT2D eigenvalue weighted by Gasteiger charge is -2.13. The highest BCUT2D eigenvalue weighted by molar-refractivity contribution is 5.89. The van der Waals surface area contributed by atoms with E-state index in [-0.39, 0.29) is 24.3 Å². The van der Waals surface area contributed by atoms with Crippen LogP contribution in [0.5, 0.6) is 11.5 Å². The van der Waals surface area contributed by atoms with E-state index < -0.39 is 18.2 Å². The van der Waals surface area contributed by atoms with Crippen molar-refractivity contribution < 1.29 is 43.3 Å². The van der Waals surface area contributed by atoms with Gasteiger partial charge in [0.05, 0.1) is 24.3 Å². The van der Waals surface area contributed by atoms with E-state index in [4.69, 9.17) is 33.8 Å². The van der Waals surface area contributed by atoms with Gasteiger partial charge in [-0.15, -0.1) is 9.78 Å². The molecule has 0 aromatic heterocycles. The summed E-state index contributed by atoms with van der Waals surface area (Å²) in [5.74, 6) is -0.366. The summed E-state index contributed by atoms with van der Waals surface area (Å²) in [6, 6.07) is 12.5. The molecule has 0 saturated carbocycles. The van der Waals surface area contributed by atoms with Gasteiger partial charge in [-0.1, -0.05) is 0 Å². The Balaban J connectivity index is 1.87. The van der Waals surface area contributed by atoms with Crippen LogP contribution >= 0.6 is 0 Å². The SMILES string of the molecule is [CH2]COC[C](OOC(=O)c1ccc(OCC)cc1)OOC(=O)c1ccc(OCC)cc1. The lowest BCUT2D eigenvalue weighted by Crippen LogP contribution is -2.20. The summed E-state index contributed by atoms with van der Waals surface area (Å²) < 4.78 is 15.7. The Kier molecular flexibility index (Phi) is 10.3. The van der Waals surface area contributed by atoms with Crippen LogP contribution in [0, 0.1) is 13.2 Å². The molecule has 0 amide bonds. The number of carbonyl (C=O) groups is 2. The van der Waals surface area contributed by atoms with Crippen LogP contribution < -0.4 is 9.47 Å². The van der Waals surface area contributed by atoms with Gasteiger partial charge in [-0.3, -0.25) is 9.78 Å². The van der Waals surface area contributed by atoms with E-state index in [1.165, 1.54) is 24.3 Å². The molecule has 2 aromatic rings. The third-order valence-corrected chi connectivity index (χ3v) is 3.59. The molecule has 0 atom stereocenters. The van der Waals surface area contributed by atoms with Crippen LogP contribution in [0.1, 0.15) is 34.6 Å². The minimum absolute atomic E-state index is 0.0793. The average Bonchev–Trinajstić information content (AvgIpc) is 2.79. The maximum atomic E-state index is 12.1. The van der Waals surface area contributed by atoms with Crippen LogP contribution in [0.25, 0.3) is 0 Å². The molecule has 0 aliphatic rings. The van der Waals surface area contributed by atoms with Gasteiger partial charge in [0.1, 0.15) is 18.1 Å². The Labute approximate surface area is 180 Å². The zero-order chi connectivity index (χ0) is 22.5. The highest BCUT2D eigenvalue weighted by Gasteiger charge is 2.22. The van der Waals surface area contributed by atoms with Gasteiger partial charge in [-0.25, -0.2) is 9.59 Å². The molecule has 166 valence electrons. The molecule has 9 nitrogen and oxygen atoms in total. The summed E-state index contributed by atoms with van der Waals surface area (Å²) in [5, 5.41) is 0. The number of hydrogen-bond acceptors (Lipinski definition) is 9. The van der Waals surface area contributed by atoms with E-state index in [9.17, 15) is 9.59 Å². The summed E-state index contributed by atoms with van der Waals surface area (Å²) >= 11 is 0. The van der Waals surface area contributed by atoms with Crippen molar-refractivity contribution in [3.63, 3.8) is 0 Å². The standard InChI is InChI=1S/C22H24O9/c1-4-25-15-20(28-30-21(23)16-7-11-18(12-8-16)26-5-2)29-31-22(24)17-9-13-19(14-10-17)27-6-3/h7-14H,1,4-6,15H2,2-3H3. The minimum Gasteiger partial charge on any atom is -0.494 e. The number of ether oxygens (including phenoxy) is 3. The molecule has 0 heterocycles. The smallest absolute Gasteiger partial charge is 0.373 e. The molecule has 31 heavy (non-hydrogen) atoms. The molecule has 0 aliphatic carbocycles. The number of rotatable bonds is 13. The lowest BCUT2D eigenvalue weighted by atomic mass is 10.2. The van der Waals surface area contributed by atoms with Gasteiger partial charge in [0.25, 0.3) is 0 Å². The van der Waals surface area contributed by atoms with Crippen LogP contribution in [0.15, 0.2) is 48.5 Å². The fourth-order valence-electron chi connectivity index (χ4n) is 2.19. The van der Waals surface area contributed by atoms with Crippen molar-refractivity contribution in [2.45, 2.75) is 13.8 Å². The molecule has 0 fully saturated rings. The summed E-state index contributed by atoms with van der Waals surface area (Å²) in [6.45, 7) is 8.01. The molecule has 2 rings (SSSR count). The van der Waals surface area contributed by atoms with E-state index in [0.717, 1.165) is 0 Å². The monoisotopic (exact) mass is 432 g/mol. The highest BCUT2D eigenvalue weighted by atomic mass is 17.3. The molecule has 2 radical (unpaired) electrons. The highest BCUT2D eigenvalue weighted by Crippen LogP contribution is 2.16. The van der Waals surface area contributed by atoms with E-state index in [2.05, 4.69) is 6.92 Å². The number of hydrogen-bond donors (Lipinski definition) is 0. The van der Waals surface area contributed by atoms with Crippen LogP contribution in [-0.2, 0) is 24.3 Å². The first-order valence-electron chi connectivity index (χ1n) is 9.53. The van der Waals surface area contributed by atoms with Crippen molar-refractivity contribution >= 4 is 11.9 Å². The Bertz CT molecular complexity index is 737. The number of benzene rings is 2. The van der Waals surface area contributed by atoms with Crippen LogP contribution in [0.2, 0.25) is 0 Å². The fourth-order valence-corrected chi connectivity index (χ4v) is 2.19. The summed E-state index contributed by atoms with van der Waals surface area (Å²) in [6.07, 6.45) is -0.401. The first kappa shape index (κ1) is 24.1. The predicted molar refractivity (Wildman–Crippen MR) is 108 cm³/mol. The van der Waals surface area contributed by atoms with Crippen molar-refractivity contribution in [1.82, 2.24) is 0 Å². The Hall–Kier alpha value is -3.14. The van der Waals surface area contributed by atoms with E-state index in [1.54, 1.807) is 24.3 Å². The zero-order valence-electron chi connectivity index (χ0n) is 17.3. The second kappa shape index (κ2) is 13.2. The Morgan fingerprint density at radius 3 is 1.48 bits per heavy atom. The summed E-state index contributed by atoms with van der Waals surface area (Å²) in [7, 11) is 0. The third-order valence-electron chi connectivity index (χ3n) is 3.59. The van der Waals surface area contributed by atoms with Crippen molar-refractivity contribution in [3.8, 4) is 11.5 Å². The van der Waals surface area contributed by atoms with Gasteiger partial charge in [-0.2, -0.15) is 0 Å². The van der Waals surface area contributed by atoms with E-state index >= 15 is 0 Å². The molecule has 0 aliphatic heterocycles. The Morgan fingerprint density at radius 1 is 0.710 bits per heavy atom. The molecular weight excluding hydrogens is 408 g/mol. The van der Waals surface area contributed by atoms with Gasteiger partial charge in [0.15, 0.2) is 0 Å². The van der Waals surface area contributed by atoms with Crippen molar-refractivity contribution in [3.05, 3.63) is 72.9 Å². The third kappa shape index (κ3) is 8.25. The van der Waals surface area contributed by atoms with Crippen molar-refractivity contribution in [2.24, 2.45) is 0 Å². The molecule has 0 saturated heterocycles. The maximum absolute atomic E-state index is 12.1. The first-order valence-corrected chi connectivity index (χ1v) is 9.53. The molecule has 0 unspecified atom stereocenters. The maximum Gasteiger partial charge on any atom is 0.373 e. The summed E-state index contributed by atoms with van der Waals surface area (Å²) in [4.78, 5) is 43.3. The van der Waals surface area contributed by atoms with Crippen LogP contribution in [0.3, 0.4) is 0 Å². The van der Waals surface area contributed by atoms with Gasteiger partial charge < -0.3 is 14.2 Å². The fraction of sp³-hybridized carbons (Fsp3) is 0.273. The van der Waals surface area contributed by atoms with E-state index in [1.807, 2.05) is 13.8 Å². The van der Waals surface area contributed by atoms with Crippen molar-refractivity contribution in [2.75, 3.05) is 26.4 Å². The second-order valence-corrected chi connectivity index (χ2v) is 5.75. The number of carbonyl (C=O) groups excluding carboxylic acids is 2. The van der Waals surface area contributed by atoms with Gasteiger partial charge in [0, 0.05) is 6.61 Å². The quantitative estimate of drug-likeness (QED) is 0.346.